The molecule has 0 saturated heterocycles. The molecule has 2 aliphatic heterocycles. The summed E-state index contributed by atoms with van der Waals surface area (Å²) in [4.78, 5) is 4.83. The molecular weight excluding hydrogens is 741 g/mol. The van der Waals surface area contributed by atoms with E-state index in [0.29, 0.717) is 0 Å². The Morgan fingerprint density at radius 1 is 0.393 bits per heavy atom. The Hall–Kier alpha value is -7.36. The van der Waals surface area contributed by atoms with Crippen molar-refractivity contribution >= 4 is 44.9 Å². The lowest BCUT2D eigenvalue weighted by Crippen LogP contribution is -2.32. The molecular formula is C58H44N2O. The molecule has 1 aliphatic carbocycles. The van der Waals surface area contributed by atoms with E-state index in [1.54, 1.807) is 0 Å². The first-order valence-corrected chi connectivity index (χ1v) is 21.3. The fourth-order valence-electron chi connectivity index (χ4n) is 10.4. The fraction of sp³-hybridized carbons (Fsp3) is 0.103. The number of rotatable bonds is 5. The zero-order chi connectivity index (χ0) is 41.0. The van der Waals surface area contributed by atoms with Gasteiger partial charge in [0.15, 0.2) is 11.5 Å². The van der Waals surface area contributed by atoms with Crippen LogP contribution in [0.5, 0.6) is 11.5 Å². The fourth-order valence-corrected chi connectivity index (χ4v) is 10.4. The number of fused-ring (bicyclic) bond motifs is 9. The SMILES string of the molecule is CC1(C)c2ccccc2-c2ccc(N(c3ccccc3)c3ccc(-c4ccc(-c5ccc6c(c5)C(C)(C)c5cccc7c5N6c5c(ccc6ccccc56)O7)cc4)cc3)cc21. The normalized spacial score (nSPS) is 14.6. The molecule has 0 bridgehead atoms. The highest BCUT2D eigenvalue weighted by Gasteiger charge is 2.42. The topological polar surface area (TPSA) is 15.7 Å². The third kappa shape index (κ3) is 5.30. The van der Waals surface area contributed by atoms with E-state index < -0.39 is 0 Å². The number of para-hydroxylation sites is 2. The lowest BCUT2D eigenvalue weighted by molar-refractivity contribution is 0.472. The maximum atomic E-state index is 6.63. The van der Waals surface area contributed by atoms with Crippen LogP contribution in [0.1, 0.15) is 49.9 Å². The first kappa shape index (κ1) is 35.6. The van der Waals surface area contributed by atoms with Crippen LogP contribution in [-0.4, -0.2) is 0 Å². The molecule has 3 heteroatoms. The lowest BCUT2D eigenvalue weighted by atomic mass is 9.72. The third-order valence-electron chi connectivity index (χ3n) is 13.6. The second-order valence-electron chi connectivity index (χ2n) is 17.8. The molecule has 0 N–H and O–H groups in total. The third-order valence-corrected chi connectivity index (χ3v) is 13.6. The van der Waals surface area contributed by atoms with Crippen molar-refractivity contribution in [3.63, 3.8) is 0 Å². The lowest BCUT2D eigenvalue weighted by Gasteiger charge is -2.45. The molecule has 0 aromatic heterocycles. The summed E-state index contributed by atoms with van der Waals surface area (Å²) in [6.07, 6.45) is 0. The second-order valence-corrected chi connectivity index (χ2v) is 17.8. The van der Waals surface area contributed by atoms with Gasteiger partial charge in [-0.1, -0.05) is 161 Å². The average molecular weight is 785 g/mol. The number of benzene rings is 9. The maximum absolute atomic E-state index is 6.63. The van der Waals surface area contributed by atoms with Crippen molar-refractivity contribution in [1.29, 1.82) is 0 Å². The minimum Gasteiger partial charge on any atom is -0.453 e. The minimum atomic E-state index is -0.241. The summed E-state index contributed by atoms with van der Waals surface area (Å²) in [7, 11) is 0. The Labute approximate surface area is 357 Å². The van der Waals surface area contributed by atoms with E-state index in [-0.39, 0.29) is 10.8 Å². The van der Waals surface area contributed by atoms with Crippen LogP contribution in [0.15, 0.2) is 194 Å². The van der Waals surface area contributed by atoms with Gasteiger partial charge in [0.1, 0.15) is 0 Å². The zero-order valence-corrected chi connectivity index (χ0v) is 34.8. The van der Waals surface area contributed by atoms with Crippen molar-refractivity contribution in [3.8, 4) is 44.9 Å². The van der Waals surface area contributed by atoms with Gasteiger partial charge < -0.3 is 14.5 Å². The molecule has 0 amide bonds. The van der Waals surface area contributed by atoms with E-state index in [4.69, 9.17) is 4.74 Å². The van der Waals surface area contributed by atoms with Crippen molar-refractivity contribution in [2.75, 3.05) is 9.80 Å². The van der Waals surface area contributed by atoms with Crippen molar-refractivity contribution in [2.45, 2.75) is 38.5 Å². The van der Waals surface area contributed by atoms with Gasteiger partial charge in [-0.2, -0.15) is 0 Å². The molecule has 61 heavy (non-hydrogen) atoms. The van der Waals surface area contributed by atoms with Gasteiger partial charge in [-0.15, -0.1) is 0 Å². The van der Waals surface area contributed by atoms with E-state index in [1.165, 1.54) is 72.1 Å². The highest BCUT2D eigenvalue weighted by molar-refractivity contribution is 6.06. The van der Waals surface area contributed by atoms with Crippen LogP contribution in [0.3, 0.4) is 0 Å². The van der Waals surface area contributed by atoms with Crippen molar-refractivity contribution in [3.05, 3.63) is 216 Å². The predicted octanol–water partition coefficient (Wildman–Crippen LogP) is 16.2. The van der Waals surface area contributed by atoms with Gasteiger partial charge in [0.2, 0.25) is 0 Å². The Morgan fingerprint density at radius 2 is 0.984 bits per heavy atom. The van der Waals surface area contributed by atoms with Crippen LogP contribution in [0, 0.1) is 0 Å². The largest absolute Gasteiger partial charge is 0.453 e. The first-order valence-electron chi connectivity index (χ1n) is 21.3. The van der Waals surface area contributed by atoms with Crippen LogP contribution in [0.4, 0.5) is 34.1 Å². The molecule has 12 rings (SSSR count). The number of anilines is 6. The highest BCUT2D eigenvalue weighted by Crippen LogP contribution is 2.61. The van der Waals surface area contributed by atoms with Gasteiger partial charge >= 0.3 is 0 Å². The van der Waals surface area contributed by atoms with Crippen molar-refractivity contribution in [2.24, 2.45) is 0 Å². The van der Waals surface area contributed by atoms with Gasteiger partial charge in [0.05, 0.1) is 17.1 Å². The average Bonchev–Trinajstić information content (AvgIpc) is 3.53. The summed E-state index contributed by atoms with van der Waals surface area (Å²) in [5.41, 5.74) is 19.3. The Balaban J connectivity index is 0.879. The predicted molar refractivity (Wildman–Crippen MR) is 254 cm³/mol. The van der Waals surface area contributed by atoms with Crippen molar-refractivity contribution < 1.29 is 4.74 Å². The number of hydrogen-bond donors (Lipinski definition) is 0. The summed E-state index contributed by atoms with van der Waals surface area (Å²) < 4.78 is 6.63. The molecule has 0 radical (unpaired) electrons. The van der Waals surface area contributed by atoms with Crippen LogP contribution in [0.2, 0.25) is 0 Å². The number of hydrogen-bond acceptors (Lipinski definition) is 3. The van der Waals surface area contributed by atoms with E-state index in [2.05, 4.69) is 232 Å². The monoisotopic (exact) mass is 784 g/mol. The molecule has 0 spiro atoms. The zero-order valence-electron chi connectivity index (χ0n) is 34.8. The summed E-state index contributed by atoms with van der Waals surface area (Å²) in [5.74, 6) is 1.78. The van der Waals surface area contributed by atoms with Gasteiger partial charge in [-0.25, -0.2) is 0 Å². The van der Waals surface area contributed by atoms with Gasteiger partial charge in [0, 0.05) is 33.3 Å². The molecule has 0 saturated carbocycles. The van der Waals surface area contributed by atoms with Gasteiger partial charge in [0.25, 0.3) is 0 Å². The summed E-state index contributed by atoms with van der Waals surface area (Å²) in [5, 5.41) is 2.39. The van der Waals surface area contributed by atoms with Crippen LogP contribution < -0.4 is 14.5 Å². The summed E-state index contributed by atoms with van der Waals surface area (Å²) >= 11 is 0. The van der Waals surface area contributed by atoms with Crippen LogP contribution in [-0.2, 0) is 10.8 Å². The second kappa shape index (κ2) is 13.1. The quantitative estimate of drug-likeness (QED) is 0.173. The molecule has 9 aromatic rings. The Bertz CT molecular complexity index is 3220. The Morgan fingerprint density at radius 3 is 1.79 bits per heavy atom. The summed E-state index contributed by atoms with van der Waals surface area (Å²) in [6.45, 7) is 9.38. The molecule has 0 unspecified atom stereocenters. The minimum absolute atomic E-state index is 0.0740. The highest BCUT2D eigenvalue weighted by atomic mass is 16.5. The van der Waals surface area contributed by atoms with E-state index in [1.807, 2.05) is 0 Å². The molecule has 3 aliphatic rings. The molecule has 2 heterocycles. The standard InChI is InChI=1S/C58H44N2O/c1-57(2)48-18-11-10-17-46(48)47-32-31-44(36-50(47)57)59(42-14-6-5-7-15-42)43-29-25-38(26-30-43)37-21-23-39(24-22-37)41-27-33-52-51(35-41)58(3,4)49-19-12-20-53-56(49)60(52)55-45-16-9-8-13-40(45)28-34-54(55)61-53/h5-36H,1-4H3. The molecule has 3 nitrogen and oxygen atoms in total. The van der Waals surface area contributed by atoms with E-state index in [0.717, 1.165) is 39.9 Å². The van der Waals surface area contributed by atoms with Gasteiger partial charge in [-0.3, -0.25) is 0 Å². The molecule has 9 aromatic carbocycles. The molecule has 0 fully saturated rings. The molecule has 0 atom stereocenters. The van der Waals surface area contributed by atoms with Gasteiger partial charge in [-0.05, 0) is 122 Å². The number of ether oxygens (including phenoxy) is 1. The van der Waals surface area contributed by atoms with Crippen LogP contribution >= 0.6 is 0 Å². The Kier molecular flexibility index (Phi) is 7.62. The number of nitrogens with zero attached hydrogens (tertiary/aromatic N) is 2. The first-order chi connectivity index (χ1) is 29.8. The van der Waals surface area contributed by atoms with Crippen molar-refractivity contribution in [1.82, 2.24) is 0 Å². The smallest absolute Gasteiger partial charge is 0.152 e. The maximum Gasteiger partial charge on any atom is 0.152 e. The van der Waals surface area contributed by atoms with E-state index in [9.17, 15) is 0 Å². The van der Waals surface area contributed by atoms with Crippen LogP contribution in [0.25, 0.3) is 44.2 Å². The molecule has 292 valence electrons. The van der Waals surface area contributed by atoms with E-state index >= 15 is 0 Å². The summed E-state index contributed by atoms with van der Waals surface area (Å²) in [6, 6.07) is 71.0.